The van der Waals surface area contributed by atoms with Crippen LogP contribution < -0.4 is 0 Å². The van der Waals surface area contributed by atoms with Crippen LogP contribution in [0.2, 0.25) is 0 Å². The maximum absolute atomic E-state index is 11.3. The van der Waals surface area contributed by atoms with Gasteiger partial charge in [-0.05, 0) is 25.1 Å². The van der Waals surface area contributed by atoms with Gasteiger partial charge in [-0.2, -0.15) is 10.5 Å². The number of esters is 1. The van der Waals surface area contributed by atoms with Gasteiger partial charge in [0.15, 0.2) is 0 Å². The molecule has 0 aliphatic carbocycles. The number of hydrogen-bond donors (Lipinski definition) is 0. The van der Waals surface area contributed by atoms with Crippen molar-refractivity contribution in [3.63, 3.8) is 0 Å². The van der Waals surface area contributed by atoms with Gasteiger partial charge in [-0.25, -0.2) is 4.79 Å². The van der Waals surface area contributed by atoms with Crippen LogP contribution in [0.1, 0.15) is 18.2 Å². The molecule has 0 N–H and O–H groups in total. The van der Waals surface area contributed by atoms with Crippen LogP contribution >= 0.6 is 0 Å². The van der Waals surface area contributed by atoms with Crippen molar-refractivity contribution in [2.45, 2.75) is 6.92 Å². The van der Waals surface area contributed by atoms with Crippen molar-refractivity contribution in [2.75, 3.05) is 6.61 Å². The average Bonchev–Trinajstić information content (AvgIpc) is 2.37. The van der Waals surface area contributed by atoms with Gasteiger partial charge in [0, 0.05) is 6.20 Å². The zero-order valence-corrected chi connectivity index (χ0v) is 9.17. The summed E-state index contributed by atoms with van der Waals surface area (Å²) in [6, 6.07) is 6.78. The first-order valence-corrected chi connectivity index (χ1v) is 4.86. The molecule has 1 rings (SSSR count). The second-order valence-corrected chi connectivity index (χ2v) is 2.97. The van der Waals surface area contributed by atoms with Crippen LogP contribution in [-0.2, 0) is 9.53 Å². The van der Waals surface area contributed by atoms with E-state index in [4.69, 9.17) is 15.3 Å². The van der Waals surface area contributed by atoms with Crippen molar-refractivity contribution in [2.24, 2.45) is 0 Å². The van der Waals surface area contributed by atoms with Crippen molar-refractivity contribution < 1.29 is 9.53 Å². The summed E-state index contributed by atoms with van der Waals surface area (Å²) in [5, 5.41) is 17.4. The Hall–Kier alpha value is -2.66. The summed E-state index contributed by atoms with van der Waals surface area (Å²) in [6.07, 6.45) is 2.69. The van der Waals surface area contributed by atoms with Crippen molar-refractivity contribution in [1.82, 2.24) is 4.98 Å². The maximum atomic E-state index is 11.3. The molecule has 17 heavy (non-hydrogen) atoms. The molecule has 0 amide bonds. The highest BCUT2D eigenvalue weighted by Crippen LogP contribution is 2.06. The number of rotatable bonds is 3. The molecule has 0 bridgehead atoms. The Labute approximate surface area is 98.6 Å². The quantitative estimate of drug-likeness (QED) is 0.442. The third-order valence-electron chi connectivity index (χ3n) is 1.82. The SMILES string of the molecule is CCOC(=O)/C(C#N)=C/c1ccc(C#N)cn1. The molecule has 1 aromatic heterocycles. The number of carbonyl (C=O) groups excluding carboxylic acids is 1. The van der Waals surface area contributed by atoms with E-state index in [-0.39, 0.29) is 12.2 Å². The van der Waals surface area contributed by atoms with E-state index in [1.54, 1.807) is 25.1 Å². The van der Waals surface area contributed by atoms with E-state index in [0.29, 0.717) is 11.3 Å². The Bertz CT molecular complexity index is 518. The largest absolute Gasteiger partial charge is 0.462 e. The van der Waals surface area contributed by atoms with Crippen molar-refractivity contribution in [3.05, 3.63) is 35.2 Å². The summed E-state index contributed by atoms with van der Waals surface area (Å²) in [5.41, 5.74) is 0.717. The van der Waals surface area contributed by atoms with Gasteiger partial charge in [0.25, 0.3) is 0 Å². The fraction of sp³-hybridized carbons (Fsp3) is 0.167. The van der Waals surface area contributed by atoms with E-state index in [0.717, 1.165) is 0 Å². The van der Waals surface area contributed by atoms with Gasteiger partial charge in [-0.1, -0.05) is 0 Å². The standard InChI is InChI=1S/C12H9N3O2/c1-2-17-12(16)10(7-14)5-11-4-3-9(6-13)8-15-11/h3-5,8H,2H2,1H3/b10-5+. The molecule has 1 heterocycles. The zero-order valence-electron chi connectivity index (χ0n) is 9.17. The first-order valence-electron chi connectivity index (χ1n) is 4.86. The molecule has 0 aliphatic heterocycles. The lowest BCUT2D eigenvalue weighted by atomic mass is 10.2. The number of aromatic nitrogens is 1. The molecule has 0 aliphatic rings. The van der Waals surface area contributed by atoms with Gasteiger partial charge < -0.3 is 4.74 Å². The fourth-order valence-corrected chi connectivity index (χ4v) is 1.05. The minimum atomic E-state index is -0.679. The van der Waals surface area contributed by atoms with Gasteiger partial charge in [0.05, 0.1) is 17.9 Å². The summed E-state index contributed by atoms with van der Waals surface area (Å²) in [7, 11) is 0. The van der Waals surface area contributed by atoms with Crippen molar-refractivity contribution in [3.8, 4) is 12.1 Å². The maximum Gasteiger partial charge on any atom is 0.348 e. The summed E-state index contributed by atoms with van der Waals surface area (Å²) >= 11 is 0. The summed E-state index contributed by atoms with van der Waals surface area (Å²) in [4.78, 5) is 15.2. The molecule has 0 fully saturated rings. The number of hydrogen-bond acceptors (Lipinski definition) is 5. The summed E-state index contributed by atoms with van der Waals surface area (Å²) < 4.78 is 4.70. The van der Waals surface area contributed by atoms with E-state index in [9.17, 15) is 4.79 Å². The lowest BCUT2D eigenvalue weighted by Crippen LogP contribution is -2.06. The highest BCUT2D eigenvalue weighted by molar-refractivity contribution is 5.97. The Morgan fingerprint density at radius 3 is 2.76 bits per heavy atom. The molecule has 0 atom stereocenters. The topological polar surface area (TPSA) is 86.8 Å². The molecule has 84 valence electrons. The van der Waals surface area contributed by atoms with Gasteiger partial charge in [-0.15, -0.1) is 0 Å². The number of nitriles is 2. The van der Waals surface area contributed by atoms with Crippen LogP contribution in [0.5, 0.6) is 0 Å². The smallest absolute Gasteiger partial charge is 0.348 e. The Kier molecular flexibility index (Phi) is 4.41. The molecule has 0 spiro atoms. The number of ether oxygens (including phenoxy) is 1. The third-order valence-corrected chi connectivity index (χ3v) is 1.82. The van der Waals surface area contributed by atoms with Crippen molar-refractivity contribution in [1.29, 1.82) is 10.5 Å². The normalized spacial score (nSPS) is 10.2. The minimum Gasteiger partial charge on any atom is -0.462 e. The van der Waals surface area contributed by atoms with E-state index in [2.05, 4.69) is 4.98 Å². The lowest BCUT2D eigenvalue weighted by Gasteiger charge is -1.99. The van der Waals surface area contributed by atoms with E-state index >= 15 is 0 Å². The van der Waals surface area contributed by atoms with Crippen LogP contribution in [0.3, 0.4) is 0 Å². The predicted molar refractivity (Wildman–Crippen MR) is 59.2 cm³/mol. The van der Waals surface area contributed by atoms with Crippen LogP contribution in [0.4, 0.5) is 0 Å². The van der Waals surface area contributed by atoms with Crippen LogP contribution in [0.15, 0.2) is 23.9 Å². The molecule has 0 saturated carbocycles. The Balaban J connectivity index is 2.96. The van der Waals surface area contributed by atoms with Crippen molar-refractivity contribution >= 4 is 12.0 Å². The minimum absolute atomic E-state index is 0.121. The molecule has 0 unspecified atom stereocenters. The lowest BCUT2D eigenvalue weighted by molar-refractivity contribution is -0.137. The molecule has 1 aromatic rings. The average molecular weight is 227 g/mol. The molecule has 0 aromatic carbocycles. The second kappa shape index (κ2) is 6.04. The van der Waals surface area contributed by atoms with E-state index in [1.807, 2.05) is 6.07 Å². The summed E-state index contributed by atoms with van der Waals surface area (Å²) in [6.45, 7) is 1.87. The van der Waals surface area contributed by atoms with Crippen LogP contribution in [0, 0.1) is 22.7 Å². The molecule has 0 saturated heterocycles. The first kappa shape index (κ1) is 12.4. The third kappa shape index (κ3) is 3.44. The molecular formula is C12H9N3O2. The second-order valence-electron chi connectivity index (χ2n) is 2.97. The highest BCUT2D eigenvalue weighted by Gasteiger charge is 2.09. The summed E-state index contributed by atoms with van der Waals surface area (Å²) in [5.74, 6) is -0.679. The number of pyridine rings is 1. The number of nitrogens with zero attached hydrogens (tertiary/aromatic N) is 3. The Morgan fingerprint density at radius 2 is 2.29 bits per heavy atom. The van der Waals surface area contributed by atoms with E-state index < -0.39 is 5.97 Å². The fourth-order valence-electron chi connectivity index (χ4n) is 1.05. The van der Waals surface area contributed by atoms with Crippen LogP contribution in [0.25, 0.3) is 6.08 Å². The van der Waals surface area contributed by atoms with Gasteiger partial charge >= 0.3 is 5.97 Å². The first-order chi connectivity index (χ1) is 8.21. The molecule has 0 radical (unpaired) electrons. The Morgan fingerprint density at radius 1 is 1.53 bits per heavy atom. The molecular weight excluding hydrogens is 218 g/mol. The zero-order chi connectivity index (χ0) is 12.7. The molecule has 5 heteroatoms. The van der Waals surface area contributed by atoms with E-state index in [1.165, 1.54) is 12.3 Å². The predicted octanol–water partition coefficient (Wildman–Crippen LogP) is 1.42. The van der Waals surface area contributed by atoms with Gasteiger partial charge in [-0.3, -0.25) is 4.98 Å². The highest BCUT2D eigenvalue weighted by atomic mass is 16.5. The van der Waals surface area contributed by atoms with Gasteiger partial charge in [0.2, 0.25) is 0 Å². The molecule has 5 nitrogen and oxygen atoms in total. The monoisotopic (exact) mass is 227 g/mol. The van der Waals surface area contributed by atoms with Gasteiger partial charge in [0.1, 0.15) is 17.7 Å². The van der Waals surface area contributed by atoms with Crippen LogP contribution in [-0.4, -0.2) is 17.6 Å². The number of carbonyl (C=O) groups is 1.